The van der Waals surface area contributed by atoms with E-state index in [4.69, 9.17) is 7.85 Å². The Hall–Kier alpha value is -1.65. The van der Waals surface area contributed by atoms with Crippen LogP contribution in [0.2, 0.25) is 0 Å². The Kier molecular flexibility index (Phi) is 5.30. The van der Waals surface area contributed by atoms with Gasteiger partial charge >= 0.3 is 78.2 Å². The second-order valence-corrected chi connectivity index (χ2v) is 2.84. The fourth-order valence-corrected chi connectivity index (χ4v) is 1.19. The molecule has 2 N–H and O–H groups in total. The third kappa shape index (κ3) is 3.20. The molecule has 4 heteroatoms. The van der Waals surface area contributed by atoms with Crippen molar-refractivity contribution in [3.05, 3.63) is 48.7 Å². The molecule has 0 aliphatic carbocycles. The predicted molar refractivity (Wildman–Crippen MR) is 58.9 cm³/mol. The molecule has 0 saturated carbocycles. The number of hydrogen-bond donors (Lipinski definition) is 0. The van der Waals surface area contributed by atoms with Crippen LogP contribution < -0.4 is 5.46 Å². The molecule has 2 aromatic rings. The number of benzene rings is 1. The second kappa shape index (κ2) is 5.96. The van der Waals surface area contributed by atoms with Crippen LogP contribution in [0.25, 0.3) is 11.3 Å². The van der Waals surface area contributed by atoms with E-state index < -0.39 is 0 Å². The SMILES string of the molecule is [B+2]c1ccc(-c2ccccn2)cc1.[OH-].[OH-]. The van der Waals surface area contributed by atoms with Crippen LogP contribution in [0.1, 0.15) is 0 Å². The van der Waals surface area contributed by atoms with E-state index in [1.165, 1.54) is 0 Å². The topological polar surface area (TPSA) is 72.9 Å². The first-order chi connectivity index (χ1) is 6.36. The summed E-state index contributed by atoms with van der Waals surface area (Å²) in [4.78, 5) is 4.24. The average molecular weight is 199 g/mol. The molecule has 0 bridgehead atoms. The van der Waals surface area contributed by atoms with Crippen LogP contribution in [-0.2, 0) is 0 Å². The van der Waals surface area contributed by atoms with E-state index >= 15 is 0 Å². The van der Waals surface area contributed by atoms with Gasteiger partial charge < -0.3 is 11.0 Å². The van der Waals surface area contributed by atoms with Crippen molar-refractivity contribution in [1.29, 1.82) is 0 Å². The van der Waals surface area contributed by atoms with Gasteiger partial charge in [0.1, 0.15) is 0 Å². The van der Waals surface area contributed by atoms with Gasteiger partial charge in [0.25, 0.3) is 0 Å². The molecule has 0 atom stereocenters. The van der Waals surface area contributed by atoms with E-state index in [1.807, 2.05) is 42.5 Å². The molecule has 0 spiro atoms. The summed E-state index contributed by atoms with van der Waals surface area (Å²) < 4.78 is 0. The van der Waals surface area contributed by atoms with Gasteiger partial charge in [-0.3, -0.25) is 0 Å². The molecule has 0 unspecified atom stereocenters. The molecule has 1 aromatic heterocycles. The van der Waals surface area contributed by atoms with Crippen LogP contribution >= 0.6 is 0 Å². The molecule has 0 aliphatic heterocycles. The maximum Gasteiger partial charge on any atom is -0.870 e. The Morgan fingerprint density at radius 1 is 0.867 bits per heavy atom. The van der Waals surface area contributed by atoms with Crippen molar-refractivity contribution in [2.24, 2.45) is 0 Å². The van der Waals surface area contributed by atoms with Crippen molar-refractivity contribution >= 4 is 13.3 Å². The first-order valence-corrected chi connectivity index (χ1v) is 4.13. The molecule has 3 nitrogen and oxygen atoms in total. The van der Waals surface area contributed by atoms with Crippen LogP contribution in [0.5, 0.6) is 0 Å². The molecule has 2 rings (SSSR count). The van der Waals surface area contributed by atoms with Gasteiger partial charge in [0.15, 0.2) is 0 Å². The molecule has 0 radical (unpaired) electrons. The van der Waals surface area contributed by atoms with Crippen molar-refractivity contribution in [3.63, 3.8) is 0 Å². The van der Waals surface area contributed by atoms with Gasteiger partial charge in [-0.15, -0.1) is 0 Å². The van der Waals surface area contributed by atoms with Crippen LogP contribution in [0.3, 0.4) is 0 Å². The number of rotatable bonds is 1. The molecule has 1 heterocycles. The largest absolute Gasteiger partial charge is 0.870 e. The first-order valence-electron chi connectivity index (χ1n) is 4.13. The minimum atomic E-state index is 0. The van der Waals surface area contributed by atoms with Crippen LogP contribution in [-0.4, -0.2) is 23.8 Å². The fraction of sp³-hybridized carbons (Fsp3) is 0. The average Bonchev–Trinajstić information content (AvgIpc) is 2.20. The monoisotopic (exact) mass is 199 g/mol. The Labute approximate surface area is 89.8 Å². The third-order valence-electron chi connectivity index (χ3n) is 1.87. The van der Waals surface area contributed by atoms with Gasteiger partial charge in [-0.05, 0) is 0 Å². The maximum atomic E-state index is 5.58. The van der Waals surface area contributed by atoms with Gasteiger partial charge in [-0.2, -0.15) is 0 Å². The molecular formula is C11H10BNO2. The predicted octanol–water partition coefficient (Wildman–Crippen LogP) is 1.19. The summed E-state index contributed by atoms with van der Waals surface area (Å²) in [6.07, 6.45) is 1.78. The van der Waals surface area contributed by atoms with E-state index in [0.717, 1.165) is 16.7 Å². The van der Waals surface area contributed by atoms with Gasteiger partial charge in [-0.25, -0.2) is 0 Å². The van der Waals surface area contributed by atoms with Crippen molar-refractivity contribution in [1.82, 2.24) is 4.98 Å². The molecule has 0 aliphatic rings. The van der Waals surface area contributed by atoms with E-state index in [0.29, 0.717) is 0 Å². The number of aromatic nitrogens is 1. The van der Waals surface area contributed by atoms with E-state index in [1.54, 1.807) is 6.20 Å². The smallest absolute Gasteiger partial charge is 0.870 e. The zero-order valence-corrected chi connectivity index (χ0v) is 8.04. The Morgan fingerprint density at radius 3 is 2.07 bits per heavy atom. The quantitative estimate of drug-likeness (QED) is 0.647. The van der Waals surface area contributed by atoms with Gasteiger partial charge in [0.2, 0.25) is 0 Å². The Bertz CT molecular complexity index is 389. The molecule has 0 saturated heterocycles. The molecule has 0 fully saturated rings. The second-order valence-electron chi connectivity index (χ2n) is 2.84. The number of pyridine rings is 1. The number of hydrogen-bond acceptors (Lipinski definition) is 3. The van der Waals surface area contributed by atoms with Crippen molar-refractivity contribution in [2.75, 3.05) is 0 Å². The standard InChI is InChI=1S/C11H8BN.2H2O/c12-10-6-4-9(5-7-10)11-3-1-2-8-13-11;;/h1-8H;2*1H2/q+2;;/p-2. The zero-order chi connectivity index (χ0) is 9.10. The molecule has 15 heavy (non-hydrogen) atoms. The Morgan fingerprint density at radius 2 is 1.53 bits per heavy atom. The van der Waals surface area contributed by atoms with E-state index in [9.17, 15) is 0 Å². The summed E-state index contributed by atoms with van der Waals surface area (Å²) >= 11 is 0. The molecule has 74 valence electrons. The van der Waals surface area contributed by atoms with Crippen LogP contribution in [0.15, 0.2) is 48.7 Å². The summed E-state index contributed by atoms with van der Waals surface area (Å²) in [5, 5.41) is 0. The summed E-state index contributed by atoms with van der Waals surface area (Å²) in [6.45, 7) is 0. The molecular weight excluding hydrogens is 189 g/mol. The van der Waals surface area contributed by atoms with Crippen molar-refractivity contribution in [3.8, 4) is 11.3 Å². The normalized spacial score (nSPS) is 8.67. The van der Waals surface area contributed by atoms with Crippen molar-refractivity contribution < 1.29 is 11.0 Å². The van der Waals surface area contributed by atoms with Gasteiger partial charge in [0.05, 0.1) is 0 Å². The first kappa shape index (κ1) is 13.4. The maximum absolute atomic E-state index is 5.58. The van der Waals surface area contributed by atoms with Crippen LogP contribution in [0.4, 0.5) is 0 Å². The third-order valence-corrected chi connectivity index (χ3v) is 1.87. The molecule has 0 amide bonds. The molecule has 1 aromatic carbocycles. The summed E-state index contributed by atoms with van der Waals surface area (Å²) in [7, 11) is 5.58. The number of nitrogens with zero attached hydrogens (tertiary/aromatic N) is 1. The summed E-state index contributed by atoms with van der Waals surface area (Å²) in [5.41, 5.74) is 2.84. The van der Waals surface area contributed by atoms with Gasteiger partial charge in [0, 0.05) is 0 Å². The van der Waals surface area contributed by atoms with E-state index in [2.05, 4.69) is 4.98 Å². The Balaban J connectivity index is 0.000000980. The summed E-state index contributed by atoms with van der Waals surface area (Å²) in [5.74, 6) is 0. The summed E-state index contributed by atoms with van der Waals surface area (Å²) in [6, 6.07) is 13.5. The fourth-order valence-electron chi connectivity index (χ4n) is 1.19. The zero-order valence-electron chi connectivity index (χ0n) is 8.04. The van der Waals surface area contributed by atoms with Gasteiger partial charge in [-0.1, -0.05) is 0 Å². The minimum Gasteiger partial charge on any atom is -0.870 e. The van der Waals surface area contributed by atoms with Crippen molar-refractivity contribution in [2.45, 2.75) is 0 Å². The van der Waals surface area contributed by atoms with E-state index in [-0.39, 0.29) is 11.0 Å². The van der Waals surface area contributed by atoms with Crippen LogP contribution in [0, 0.1) is 0 Å². The minimum absolute atomic E-state index is 0.